The Kier molecular flexibility index (Phi) is 4.36. The van der Waals surface area contributed by atoms with Crippen molar-refractivity contribution in [1.82, 2.24) is 5.43 Å². The molecule has 0 aliphatic heterocycles. The molecule has 0 bridgehead atoms. The molecule has 4 heteroatoms. The Morgan fingerprint density at radius 1 is 1.44 bits per heavy atom. The SMILES string of the molecule is CCOCCC(NN)c1cc2cccc(C)c2o1. The van der Waals surface area contributed by atoms with Gasteiger partial charge in [0, 0.05) is 18.6 Å². The summed E-state index contributed by atoms with van der Waals surface area (Å²) in [5.41, 5.74) is 4.86. The number of nitrogens with two attached hydrogens (primary N) is 1. The van der Waals surface area contributed by atoms with Gasteiger partial charge in [0.25, 0.3) is 0 Å². The first kappa shape index (κ1) is 13.1. The first-order valence-corrected chi connectivity index (χ1v) is 6.29. The van der Waals surface area contributed by atoms with Crippen molar-refractivity contribution in [2.75, 3.05) is 13.2 Å². The second-order valence-electron chi connectivity index (χ2n) is 4.35. The second kappa shape index (κ2) is 6.00. The lowest BCUT2D eigenvalue weighted by atomic mass is 10.1. The normalized spacial score (nSPS) is 13.1. The molecule has 0 fully saturated rings. The summed E-state index contributed by atoms with van der Waals surface area (Å²) in [4.78, 5) is 0. The van der Waals surface area contributed by atoms with Crippen LogP contribution in [0.15, 0.2) is 28.7 Å². The molecule has 2 aromatic rings. The standard InChI is InChI=1S/C14H20N2O2/c1-3-17-8-7-12(16-15)13-9-11-6-4-5-10(2)14(11)18-13/h4-6,9,12,16H,3,7-8,15H2,1-2H3. The molecule has 0 amide bonds. The quantitative estimate of drug-likeness (QED) is 0.469. The van der Waals surface area contributed by atoms with Gasteiger partial charge < -0.3 is 9.15 Å². The molecule has 0 saturated heterocycles. The van der Waals surface area contributed by atoms with E-state index in [-0.39, 0.29) is 6.04 Å². The molecule has 1 heterocycles. The van der Waals surface area contributed by atoms with Crippen LogP contribution >= 0.6 is 0 Å². The lowest BCUT2D eigenvalue weighted by molar-refractivity contribution is 0.134. The van der Waals surface area contributed by atoms with Crippen LogP contribution in [-0.2, 0) is 4.74 Å². The van der Waals surface area contributed by atoms with Crippen LogP contribution in [0.3, 0.4) is 0 Å². The summed E-state index contributed by atoms with van der Waals surface area (Å²) in [5, 5.41) is 1.11. The van der Waals surface area contributed by atoms with Crippen molar-refractivity contribution in [2.45, 2.75) is 26.3 Å². The van der Waals surface area contributed by atoms with E-state index in [0.29, 0.717) is 6.61 Å². The van der Waals surface area contributed by atoms with E-state index in [1.807, 2.05) is 38.1 Å². The van der Waals surface area contributed by atoms with E-state index in [1.54, 1.807) is 0 Å². The van der Waals surface area contributed by atoms with Crippen LogP contribution in [0.4, 0.5) is 0 Å². The maximum absolute atomic E-state index is 5.88. The average molecular weight is 248 g/mol. The van der Waals surface area contributed by atoms with Crippen LogP contribution in [0.1, 0.15) is 30.7 Å². The molecule has 1 aromatic carbocycles. The molecule has 0 aliphatic rings. The van der Waals surface area contributed by atoms with E-state index >= 15 is 0 Å². The third kappa shape index (κ3) is 2.72. The number of benzene rings is 1. The number of ether oxygens (including phenoxy) is 1. The molecule has 1 atom stereocenters. The summed E-state index contributed by atoms with van der Waals surface area (Å²) in [6.07, 6.45) is 0.795. The summed E-state index contributed by atoms with van der Waals surface area (Å²) in [5.74, 6) is 6.44. The fourth-order valence-electron chi connectivity index (χ4n) is 2.05. The molecule has 1 unspecified atom stereocenters. The predicted molar refractivity (Wildman–Crippen MR) is 72.1 cm³/mol. The Bertz CT molecular complexity index is 507. The molecular formula is C14H20N2O2. The van der Waals surface area contributed by atoms with Gasteiger partial charge in [0.1, 0.15) is 11.3 Å². The first-order valence-electron chi connectivity index (χ1n) is 6.29. The molecule has 0 radical (unpaired) electrons. The number of nitrogens with one attached hydrogen (secondary N) is 1. The van der Waals surface area contributed by atoms with Crippen LogP contribution in [0.25, 0.3) is 11.0 Å². The summed E-state index contributed by atoms with van der Waals surface area (Å²) < 4.78 is 11.2. The van der Waals surface area contributed by atoms with E-state index in [4.69, 9.17) is 15.0 Å². The smallest absolute Gasteiger partial charge is 0.137 e. The van der Waals surface area contributed by atoms with Crippen molar-refractivity contribution in [1.29, 1.82) is 0 Å². The van der Waals surface area contributed by atoms with Crippen molar-refractivity contribution in [2.24, 2.45) is 5.84 Å². The minimum Gasteiger partial charge on any atom is -0.459 e. The highest BCUT2D eigenvalue weighted by molar-refractivity contribution is 5.80. The van der Waals surface area contributed by atoms with Crippen molar-refractivity contribution in [3.8, 4) is 0 Å². The van der Waals surface area contributed by atoms with Gasteiger partial charge in [-0.25, -0.2) is 5.43 Å². The zero-order chi connectivity index (χ0) is 13.0. The lowest BCUT2D eigenvalue weighted by Crippen LogP contribution is -2.28. The number of fused-ring (bicyclic) bond motifs is 1. The highest BCUT2D eigenvalue weighted by Crippen LogP contribution is 2.27. The third-order valence-electron chi connectivity index (χ3n) is 3.06. The van der Waals surface area contributed by atoms with E-state index in [2.05, 4.69) is 5.43 Å². The van der Waals surface area contributed by atoms with Gasteiger partial charge in [-0.05, 0) is 31.9 Å². The average Bonchev–Trinajstić information content (AvgIpc) is 2.80. The molecule has 0 saturated carbocycles. The molecular weight excluding hydrogens is 228 g/mol. The number of aryl methyl sites for hydroxylation is 1. The van der Waals surface area contributed by atoms with E-state index < -0.39 is 0 Å². The van der Waals surface area contributed by atoms with Gasteiger partial charge >= 0.3 is 0 Å². The molecule has 0 aliphatic carbocycles. The van der Waals surface area contributed by atoms with Gasteiger partial charge in [-0.15, -0.1) is 0 Å². The minimum absolute atomic E-state index is 0.0108. The van der Waals surface area contributed by atoms with Crippen LogP contribution in [0, 0.1) is 6.92 Å². The van der Waals surface area contributed by atoms with E-state index in [1.165, 1.54) is 0 Å². The van der Waals surface area contributed by atoms with Gasteiger partial charge in [-0.2, -0.15) is 0 Å². The fourth-order valence-corrected chi connectivity index (χ4v) is 2.05. The highest BCUT2D eigenvalue weighted by atomic mass is 16.5. The molecule has 3 N–H and O–H groups in total. The number of para-hydroxylation sites is 1. The Morgan fingerprint density at radius 3 is 2.94 bits per heavy atom. The van der Waals surface area contributed by atoms with E-state index in [0.717, 1.165) is 35.3 Å². The maximum Gasteiger partial charge on any atom is 0.137 e. The summed E-state index contributed by atoms with van der Waals surface area (Å²) in [6.45, 7) is 5.41. The van der Waals surface area contributed by atoms with Gasteiger partial charge in [-0.3, -0.25) is 5.84 Å². The maximum atomic E-state index is 5.88. The topological polar surface area (TPSA) is 60.4 Å². The second-order valence-corrected chi connectivity index (χ2v) is 4.35. The third-order valence-corrected chi connectivity index (χ3v) is 3.06. The van der Waals surface area contributed by atoms with Crippen molar-refractivity contribution in [3.63, 3.8) is 0 Å². The lowest BCUT2D eigenvalue weighted by Gasteiger charge is -2.12. The summed E-state index contributed by atoms with van der Waals surface area (Å²) in [6, 6.07) is 8.15. The molecule has 4 nitrogen and oxygen atoms in total. The Balaban J connectivity index is 2.20. The van der Waals surface area contributed by atoms with Crippen LogP contribution < -0.4 is 11.3 Å². The zero-order valence-corrected chi connectivity index (χ0v) is 10.9. The van der Waals surface area contributed by atoms with Gasteiger partial charge in [0.05, 0.1) is 6.04 Å². The Hall–Kier alpha value is -1.36. The largest absolute Gasteiger partial charge is 0.459 e. The van der Waals surface area contributed by atoms with Gasteiger partial charge in [0.15, 0.2) is 0 Å². The molecule has 98 valence electrons. The molecule has 1 aromatic heterocycles. The fraction of sp³-hybridized carbons (Fsp3) is 0.429. The monoisotopic (exact) mass is 248 g/mol. The number of hydrogen-bond acceptors (Lipinski definition) is 4. The Morgan fingerprint density at radius 2 is 2.28 bits per heavy atom. The van der Waals surface area contributed by atoms with Crippen LogP contribution in [-0.4, -0.2) is 13.2 Å². The van der Waals surface area contributed by atoms with E-state index in [9.17, 15) is 0 Å². The van der Waals surface area contributed by atoms with Crippen LogP contribution in [0.5, 0.6) is 0 Å². The minimum atomic E-state index is -0.0108. The number of hydrogen-bond donors (Lipinski definition) is 2. The molecule has 2 rings (SSSR count). The van der Waals surface area contributed by atoms with Gasteiger partial charge in [-0.1, -0.05) is 18.2 Å². The zero-order valence-electron chi connectivity index (χ0n) is 10.9. The Labute approximate surface area is 107 Å². The van der Waals surface area contributed by atoms with Gasteiger partial charge in [0.2, 0.25) is 0 Å². The van der Waals surface area contributed by atoms with Crippen molar-refractivity contribution >= 4 is 11.0 Å². The number of rotatable bonds is 6. The summed E-state index contributed by atoms with van der Waals surface area (Å²) in [7, 11) is 0. The highest BCUT2D eigenvalue weighted by Gasteiger charge is 2.15. The number of furan rings is 1. The van der Waals surface area contributed by atoms with Crippen molar-refractivity contribution in [3.05, 3.63) is 35.6 Å². The van der Waals surface area contributed by atoms with Crippen molar-refractivity contribution < 1.29 is 9.15 Å². The number of hydrazine groups is 1. The first-order chi connectivity index (χ1) is 8.76. The van der Waals surface area contributed by atoms with Crippen LogP contribution in [0.2, 0.25) is 0 Å². The molecule has 18 heavy (non-hydrogen) atoms. The molecule has 0 spiro atoms. The predicted octanol–water partition coefficient (Wildman–Crippen LogP) is 2.67. The summed E-state index contributed by atoms with van der Waals surface area (Å²) >= 11 is 0.